The molecule has 1 saturated carbocycles. The second-order valence-electron chi connectivity index (χ2n) is 5.41. The van der Waals surface area contributed by atoms with Crippen LogP contribution in [0.4, 0.5) is 0 Å². The largest absolute Gasteiger partial charge is 0.380 e. The van der Waals surface area contributed by atoms with Crippen LogP contribution in [-0.2, 0) is 4.74 Å². The van der Waals surface area contributed by atoms with E-state index in [1.54, 1.807) is 0 Å². The predicted octanol–water partition coefficient (Wildman–Crippen LogP) is 3.60. The van der Waals surface area contributed by atoms with Gasteiger partial charge in [0.2, 0.25) is 0 Å². The summed E-state index contributed by atoms with van der Waals surface area (Å²) in [5.41, 5.74) is 2.76. The lowest BCUT2D eigenvalue weighted by Crippen LogP contribution is -2.44. The highest BCUT2D eigenvalue weighted by Crippen LogP contribution is 2.24. The van der Waals surface area contributed by atoms with Crippen LogP contribution in [0.1, 0.15) is 49.8 Å². The fourth-order valence-corrected chi connectivity index (χ4v) is 3.05. The van der Waals surface area contributed by atoms with Crippen LogP contribution in [0.3, 0.4) is 0 Å². The lowest BCUT2D eigenvalue weighted by Gasteiger charge is -2.33. The number of rotatable bonds is 4. The molecule has 0 aliphatic heterocycles. The van der Waals surface area contributed by atoms with E-state index < -0.39 is 0 Å². The summed E-state index contributed by atoms with van der Waals surface area (Å²) in [4.78, 5) is 0. The molecule has 2 rings (SSSR count). The first-order chi connectivity index (χ1) is 8.72. The molecule has 1 aromatic carbocycles. The number of hydrogen-bond donors (Lipinski definition) is 1. The summed E-state index contributed by atoms with van der Waals surface area (Å²) < 4.78 is 5.61. The number of methoxy groups -OCH3 is 1. The van der Waals surface area contributed by atoms with Crippen LogP contribution < -0.4 is 5.32 Å². The Bertz CT molecular complexity index is 377. The summed E-state index contributed by atoms with van der Waals surface area (Å²) in [6.45, 7) is 4.44. The molecule has 3 atom stereocenters. The first kappa shape index (κ1) is 13.6. The highest BCUT2D eigenvalue weighted by molar-refractivity contribution is 5.28. The van der Waals surface area contributed by atoms with Gasteiger partial charge in [0, 0.05) is 19.2 Å². The molecule has 18 heavy (non-hydrogen) atoms. The zero-order valence-corrected chi connectivity index (χ0v) is 11.8. The molecular formula is C16H25NO. The Balaban J connectivity index is 2.02. The van der Waals surface area contributed by atoms with Gasteiger partial charge in [0.25, 0.3) is 0 Å². The third-order valence-corrected chi connectivity index (χ3v) is 4.12. The Labute approximate surface area is 111 Å². The van der Waals surface area contributed by atoms with Gasteiger partial charge in [-0.05, 0) is 37.8 Å². The second kappa shape index (κ2) is 6.35. The van der Waals surface area contributed by atoms with Gasteiger partial charge < -0.3 is 10.1 Å². The summed E-state index contributed by atoms with van der Waals surface area (Å²) >= 11 is 0. The summed E-state index contributed by atoms with van der Waals surface area (Å²) in [5, 5.41) is 3.75. The Morgan fingerprint density at radius 1 is 1.22 bits per heavy atom. The zero-order chi connectivity index (χ0) is 13.0. The van der Waals surface area contributed by atoms with Gasteiger partial charge in [0.1, 0.15) is 0 Å². The topological polar surface area (TPSA) is 21.3 Å². The van der Waals surface area contributed by atoms with Gasteiger partial charge in [0.05, 0.1) is 6.10 Å². The van der Waals surface area contributed by atoms with Gasteiger partial charge in [-0.3, -0.25) is 0 Å². The van der Waals surface area contributed by atoms with Crippen molar-refractivity contribution in [1.29, 1.82) is 0 Å². The Kier molecular flexibility index (Phi) is 4.79. The summed E-state index contributed by atoms with van der Waals surface area (Å²) in [5.74, 6) is 0. The molecule has 0 saturated heterocycles. The molecule has 2 unspecified atom stereocenters. The average Bonchev–Trinajstić information content (AvgIpc) is 2.39. The molecule has 2 heteroatoms. The van der Waals surface area contributed by atoms with Gasteiger partial charge in [-0.25, -0.2) is 0 Å². The fraction of sp³-hybridized carbons (Fsp3) is 0.625. The molecule has 100 valence electrons. The molecule has 0 amide bonds. The first-order valence-electron chi connectivity index (χ1n) is 7.06. The molecule has 1 N–H and O–H groups in total. The summed E-state index contributed by atoms with van der Waals surface area (Å²) in [7, 11) is 1.84. The van der Waals surface area contributed by atoms with E-state index in [4.69, 9.17) is 4.74 Å². The minimum atomic E-state index is 0.380. The van der Waals surface area contributed by atoms with E-state index >= 15 is 0 Å². The maximum atomic E-state index is 5.61. The van der Waals surface area contributed by atoms with Crippen molar-refractivity contribution in [3.63, 3.8) is 0 Å². The van der Waals surface area contributed by atoms with E-state index in [0.717, 1.165) is 0 Å². The van der Waals surface area contributed by atoms with Crippen LogP contribution in [0.25, 0.3) is 0 Å². The molecule has 0 bridgehead atoms. The van der Waals surface area contributed by atoms with Gasteiger partial charge in [-0.15, -0.1) is 0 Å². The maximum absolute atomic E-state index is 5.61. The second-order valence-corrected chi connectivity index (χ2v) is 5.41. The Morgan fingerprint density at radius 2 is 1.94 bits per heavy atom. The monoisotopic (exact) mass is 247 g/mol. The van der Waals surface area contributed by atoms with Crippen LogP contribution in [-0.4, -0.2) is 19.3 Å². The van der Waals surface area contributed by atoms with E-state index in [9.17, 15) is 0 Å². The molecule has 1 aromatic rings. The highest BCUT2D eigenvalue weighted by atomic mass is 16.5. The normalized spacial score (nSPS) is 25.9. The van der Waals surface area contributed by atoms with Crippen LogP contribution in [0.15, 0.2) is 24.3 Å². The number of benzene rings is 1. The van der Waals surface area contributed by atoms with Crippen LogP contribution in [0, 0.1) is 6.92 Å². The minimum absolute atomic E-state index is 0.380. The smallest absolute Gasteiger partial charge is 0.0724 e. The predicted molar refractivity (Wildman–Crippen MR) is 75.8 cm³/mol. The summed E-state index contributed by atoms with van der Waals surface area (Å²) in [6.07, 6.45) is 5.42. The number of ether oxygens (including phenoxy) is 1. The van der Waals surface area contributed by atoms with E-state index in [1.165, 1.54) is 36.8 Å². The van der Waals surface area contributed by atoms with Crippen LogP contribution >= 0.6 is 0 Å². The highest BCUT2D eigenvalue weighted by Gasteiger charge is 2.26. The van der Waals surface area contributed by atoms with E-state index in [0.29, 0.717) is 18.2 Å². The van der Waals surface area contributed by atoms with Crippen molar-refractivity contribution >= 4 is 0 Å². The van der Waals surface area contributed by atoms with Crippen molar-refractivity contribution in [2.45, 2.75) is 57.7 Å². The van der Waals surface area contributed by atoms with E-state index in [2.05, 4.69) is 43.4 Å². The van der Waals surface area contributed by atoms with Gasteiger partial charge >= 0.3 is 0 Å². The quantitative estimate of drug-likeness (QED) is 0.877. The summed E-state index contributed by atoms with van der Waals surface area (Å²) in [6, 6.07) is 9.52. The molecule has 0 aromatic heterocycles. The molecule has 0 radical (unpaired) electrons. The molecule has 1 fully saturated rings. The molecule has 1 aliphatic carbocycles. The third kappa shape index (κ3) is 3.12. The standard InChI is InChI=1S/C16H25NO/c1-12-8-4-5-9-14(12)13(2)17-15-10-6-7-11-16(15)18-3/h4-5,8-9,13,15-17H,6-7,10-11H2,1-3H3/t13-,15?,16?/m0/s1. The van der Waals surface area contributed by atoms with E-state index in [-0.39, 0.29) is 0 Å². The van der Waals surface area contributed by atoms with Crippen molar-refractivity contribution < 1.29 is 4.74 Å². The maximum Gasteiger partial charge on any atom is 0.0724 e. The third-order valence-electron chi connectivity index (χ3n) is 4.12. The van der Waals surface area contributed by atoms with Gasteiger partial charge in [0.15, 0.2) is 0 Å². The van der Waals surface area contributed by atoms with Crippen molar-refractivity contribution in [3.8, 4) is 0 Å². The first-order valence-corrected chi connectivity index (χ1v) is 7.06. The van der Waals surface area contributed by atoms with Crippen molar-refractivity contribution in [2.75, 3.05) is 7.11 Å². The van der Waals surface area contributed by atoms with E-state index in [1.807, 2.05) is 7.11 Å². The number of aryl methyl sites for hydroxylation is 1. The van der Waals surface area contributed by atoms with Gasteiger partial charge in [-0.1, -0.05) is 37.1 Å². The molecule has 0 spiro atoms. The number of nitrogens with one attached hydrogen (secondary N) is 1. The molecular weight excluding hydrogens is 222 g/mol. The lowest BCUT2D eigenvalue weighted by atomic mass is 9.91. The molecule has 0 heterocycles. The minimum Gasteiger partial charge on any atom is -0.380 e. The van der Waals surface area contributed by atoms with Crippen LogP contribution in [0.2, 0.25) is 0 Å². The molecule has 2 nitrogen and oxygen atoms in total. The van der Waals surface area contributed by atoms with Crippen molar-refractivity contribution in [2.24, 2.45) is 0 Å². The van der Waals surface area contributed by atoms with Gasteiger partial charge in [-0.2, -0.15) is 0 Å². The lowest BCUT2D eigenvalue weighted by molar-refractivity contribution is 0.0383. The average molecular weight is 247 g/mol. The zero-order valence-electron chi connectivity index (χ0n) is 11.8. The van der Waals surface area contributed by atoms with Crippen molar-refractivity contribution in [1.82, 2.24) is 5.32 Å². The van der Waals surface area contributed by atoms with Crippen LogP contribution in [0.5, 0.6) is 0 Å². The SMILES string of the molecule is COC1CCCCC1N[C@@H](C)c1ccccc1C. The number of hydrogen-bond acceptors (Lipinski definition) is 2. The molecule has 1 aliphatic rings. The Hall–Kier alpha value is -0.860. The van der Waals surface area contributed by atoms with Crippen molar-refractivity contribution in [3.05, 3.63) is 35.4 Å². The fourth-order valence-electron chi connectivity index (χ4n) is 3.05. The Morgan fingerprint density at radius 3 is 2.67 bits per heavy atom.